The van der Waals surface area contributed by atoms with Crippen LogP contribution in [0.3, 0.4) is 0 Å². The highest BCUT2D eigenvalue weighted by Crippen LogP contribution is 2.46. The molecule has 0 atom stereocenters. The highest BCUT2D eigenvalue weighted by molar-refractivity contribution is 5.89. The van der Waals surface area contributed by atoms with E-state index in [4.69, 9.17) is 30.8 Å². The van der Waals surface area contributed by atoms with Crippen molar-refractivity contribution in [3.63, 3.8) is 0 Å². The third-order valence-electron chi connectivity index (χ3n) is 3.67. The molecule has 0 aromatic heterocycles. The number of methoxy groups -OCH3 is 3. The summed E-state index contributed by atoms with van der Waals surface area (Å²) in [5, 5.41) is 9.16. The summed E-state index contributed by atoms with van der Waals surface area (Å²) in [6, 6.07) is 7.28. The van der Waals surface area contributed by atoms with Gasteiger partial charge in [0.1, 0.15) is 0 Å². The molecular weight excluding hydrogens is 296 g/mol. The Morgan fingerprint density at radius 1 is 0.913 bits per heavy atom. The van der Waals surface area contributed by atoms with E-state index in [2.05, 4.69) is 0 Å². The van der Waals surface area contributed by atoms with Gasteiger partial charge >= 0.3 is 0 Å². The van der Waals surface area contributed by atoms with Crippen molar-refractivity contribution in [1.82, 2.24) is 0 Å². The van der Waals surface area contributed by atoms with E-state index in [9.17, 15) is 0 Å². The normalized spacial score (nSPS) is 10.4. The molecule has 0 aliphatic heterocycles. The summed E-state index contributed by atoms with van der Waals surface area (Å²) in [6.07, 6.45) is 0.493. The number of rotatable bonds is 6. The second-order valence-corrected chi connectivity index (χ2v) is 5.00. The summed E-state index contributed by atoms with van der Waals surface area (Å²) in [5.74, 6) is 1.56. The van der Waals surface area contributed by atoms with E-state index in [-0.39, 0.29) is 6.61 Å². The predicted molar refractivity (Wildman–Crippen MR) is 91.1 cm³/mol. The van der Waals surface area contributed by atoms with Crippen molar-refractivity contribution in [2.45, 2.75) is 6.42 Å². The zero-order valence-corrected chi connectivity index (χ0v) is 13.6. The Labute approximate surface area is 135 Å². The second kappa shape index (κ2) is 7.11. The lowest BCUT2D eigenvalue weighted by atomic mass is 9.97. The first kappa shape index (κ1) is 16.8. The smallest absolute Gasteiger partial charge is 0.203 e. The standard InChI is InChI=1S/C17H22N2O4/c1-21-14-5-4-11(16(22-2)17(14)23-3)12-8-10(6-7-20)9-13(18)15(12)19/h4-5,8-9,20H,6-7,18-19H2,1-3H3. The van der Waals surface area contributed by atoms with Crippen LogP contribution in [0, 0.1) is 0 Å². The largest absolute Gasteiger partial charge is 0.493 e. The Morgan fingerprint density at radius 3 is 2.17 bits per heavy atom. The number of nitrogen functional groups attached to an aromatic ring is 2. The van der Waals surface area contributed by atoms with Crippen LogP contribution in [-0.4, -0.2) is 33.0 Å². The van der Waals surface area contributed by atoms with Gasteiger partial charge in [0.2, 0.25) is 5.75 Å². The molecule has 0 bridgehead atoms. The SMILES string of the molecule is COc1ccc(-c2cc(CCO)cc(N)c2N)c(OC)c1OC. The minimum atomic E-state index is 0.0336. The third-order valence-corrected chi connectivity index (χ3v) is 3.67. The van der Waals surface area contributed by atoms with E-state index < -0.39 is 0 Å². The van der Waals surface area contributed by atoms with Crippen LogP contribution in [0.25, 0.3) is 11.1 Å². The topological polar surface area (TPSA) is 100.0 Å². The van der Waals surface area contributed by atoms with Crippen LogP contribution in [0.4, 0.5) is 11.4 Å². The minimum absolute atomic E-state index is 0.0336. The summed E-state index contributed by atoms with van der Waals surface area (Å²) in [4.78, 5) is 0. The number of hydrogen-bond acceptors (Lipinski definition) is 6. The number of aliphatic hydroxyl groups is 1. The minimum Gasteiger partial charge on any atom is -0.493 e. The first-order valence-corrected chi connectivity index (χ1v) is 7.15. The third kappa shape index (κ3) is 3.12. The first-order valence-electron chi connectivity index (χ1n) is 7.15. The fraction of sp³-hybridized carbons (Fsp3) is 0.294. The summed E-state index contributed by atoms with van der Waals surface area (Å²) in [6.45, 7) is 0.0336. The monoisotopic (exact) mass is 318 g/mol. The van der Waals surface area contributed by atoms with Crippen molar-refractivity contribution in [2.75, 3.05) is 39.4 Å². The van der Waals surface area contributed by atoms with E-state index in [1.54, 1.807) is 33.5 Å². The summed E-state index contributed by atoms with van der Waals surface area (Å²) in [5.41, 5.74) is 15.4. The number of ether oxygens (including phenoxy) is 3. The molecule has 0 saturated heterocycles. The Kier molecular flexibility index (Phi) is 5.18. The van der Waals surface area contributed by atoms with Crippen molar-refractivity contribution < 1.29 is 19.3 Å². The van der Waals surface area contributed by atoms with E-state index in [0.717, 1.165) is 16.7 Å². The number of nitrogens with two attached hydrogens (primary N) is 2. The first-order chi connectivity index (χ1) is 11.1. The van der Waals surface area contributed by atoms with Crippen LogP contribution < -0.4 is 25.7 Å². The maximum atomic E-state index is 9.16. The van der Waals surface area contributed by atoms with Gasteiger partial charge in [0.05, 0.1) is 32.7 Å². The van der Waals surface area contributed by atoms with E-state index in [0.29, 0.717) is 35.0 Å². The molecular formula is C17H22N2O4. The van der Waals surface area contributed by atoms with Crippen molar-refractivity contribution in [2.24, 2.45) is 0 Å². The molecule has 0 fully saturated rings. The van der Waals surface area contributed by atoms with E-state index in [1.807, 2.05) is 12.1 Å². The molecule has 0 heterocycles. The molecule has 0 amide bonds. The molecule has 2 rings (SSSR count). The van der Waals surface area contributed by atoms with Gasteiger partial charge < -0.3 is 30.8 Å². The van der Waals surface area contributed by atoms with E-state index in [1.165, 1.54) is 0 Å². The lowest BCUT2D eigenvalue weighted by Gasteiger charge is -2.18. The van der Waals surface area contributed by atoms with Crippen LogP contribution in [-0.2, 0) is 6.42 Å². The van der Waals surface area contributed by atoms with Crippen molar-refractivity contribution >= 4 is 11.4 Å². The fourth-order valence-electron chi connectivity index (χ4n) is 2.55. The van der Waals surface area contributed by atoms with Crippen LogP contribution in [0.2, 0.25) is 0 Å². The van der Waals surface area contributed by atoms with Crippen molar-refractivity contribution in [3.8, 4) is 28.4 Å². The molecule has 0 spiro atoms. The number of hydrogen-bond donors (Lipinski definition) is 3. The molecule has 0 radical (unpaired) electrons. The molecule has 6 heteroatoms. The van der Waals surface area contributed by atoms with Gasteiger partial charge in [-0.05, 0) is 36.2 Å². The van der Waals surface area contributed by atoms with Crippen LogP contribution in [0.15, 0.2) is 24.3 Å². The lowest BCUT2D eigenvalue weighted by molar-refractivity contribution is 0.299. The van der Waals surface area contributed by atoms with Gasteiger partial charge in [-0.1, -0.05) is 0 Å². The van der Waals surface area contributed by atoms with Gasteiger partial charge in [-0.3, -0.25) is 0 Å². The second-order valence-electron chi connectivity index (χ2n) is 5.00. The zero-order valence-electron chi connectivity index (χ0n) is 13.6. The molecule has 23 heavy (non-hydrogen) atoms. The maximum absolute atomic E-state index is 9.16. The van der Waals surface area contributed by atoms with Gasteiger partial charge in [-0.25, -0.2) is 0 Å². The maximum Gasteiger partial charge on any atom is 0.203 e. The van der Waals surface area contributed by atoms with Gasteiger partial charge in [0.15, 0.2) is 11.5 Å². The molecule has 124 valence electrons. The summed E-state index contributed by atoms with van der Waals surface area (Å²) < 4.78 is 16.2. The van der Waals surface area contributed by atoms with Gasteiger partial charge in [-0.15, -0.1) is 0 Å². The predicted octanol–water partition coefficient (Wildman–Crippen LogP) is 2.08. The molecule has 2 aromatic rings. The van der Waals surface area contributed by atoms with E-state index >= 15 is 0 Å². The summed E-state index contributed by atoms with van der Waals surface area (Å²) in [7, 11) is 4.66. The molecule has 6 nitrogen and oxygen atoms in total. The van der Waals surface area contributed by atoms with Gasteiger partial charge in [-0.2, -0.15) is 0 Å². The Balaban J connectivity index is 2.71. The Morgan fingerprint density at radius 2 is 1.61 bits per heavy atom. The number of benzene rings is 2. The average Bonchev–Trinajstić information content (AvgIpc) is 2.56. The Hall–Kier alpha value is -2.60. The molecule has 0 unspecified atom stereocenters. The van der Waals surface area contributed by atoms with Crippen LogP contribution >= 0.6 is 0 Å². The average molecular weight is 318 g/mol. The molecule has 5 N–H and O–H groups in total. The lowest BCUT2D eigenvalue weighted by Crippen LogP contribution is -2.03. The Bertz CT molecular complexity index is 701. The zero-order chi connectivity index (χ0) is 17.0. The van der Waals surface area contributed by atoms with Crippen molar-refractivity contribution in [1.29, 1.82) is 0 Å². The summed E-state index contributed by atoms with van der Waals surface area (Å²) >= 11 is 0. The van der Waals surface area contributed by atoms with Gasteiger partial charge in [0, 0.05) is 17.7 Å². The quantitative estimate of drug-likeness (QED) is 0.705. The molecule has 2 aromatic carbocycles. The van der Waals surface area contributed by atoms with Gasteiger partial charge in [0.25, 0.3) is 0 Å². The van der Waals surface area contributed by atoms with Crippen molar-refractivity contribution in [3.05, 3.63) is 29.8 Å². The molecule has 0 saturated carbocycles. The molecule has 0 aliphatic rings. The number of anilines is 2. The van der Waals surface area contributed by atoms with Crippen LogP contribution in [0.5, 0.6) is 17.2 Å². The number of aliphatic hydroxyl groups excluding tert-OH is 1. The molecule has 0 aliphatic carbocycles. The highest BCUT2D eigenvalue weighted by atomic mass is 16.5. The van der Waals surface area contributed by atoms with Crippen LogP contribution in [0.1, 0.15) is 5.56 Å². The fourth-order valence-corrected chi connectivity index (χ4v) is 2.55. The highest BCUT2D eigenvalue weighted by Gasteiger charge is 2.19.